The molecule has 0 radical (unpaired) electrons. The molecule has 0 saturated carbocycles. The van der Waals surface area contributed by atoms with Crippen molar-refractivity contribution in [1.29, 1.82) is 0 Å². The average molecular weight is 422 g/mol. The SMILES string of the molecule is C=CCN(CC=C)[C@@H]1CCc2c(sc3ncn(Cc4ccccc4OC)c(=O)c23)C1. The number of methoxy groups -OCH3 is 1. The Labute approximate surface area is 180 Å². The van der Waals surface area contributed by atoms with Gasteiger partial charge in [0.2, 0.25) is 0 Å². The lowest BCUT2D eigenvalue weighted by atomic mass is 9.92. The molecule has 3 aromatic rings. The monoisotopic (exact) mass is 421 g/mol. The van der Waals surface area contributed by atoms with Gasteiger partial charge >= 0.3 is 0 Å². The minimum atomic E-state index is 0.0379. The lowest BCUT2D eigenvalue weighted by Gasteiger charge is -2.32. The standard InChI is InChI=1S/C24H27N3O2S/c1-4-12-26(13-5-2)18-10-11-19-21(14-18)30-23-22(19)24(28)27(16-25-23)15-17-8-6-7-9-20(17)29-3/h4-9,16,18H,1-2,10-15H2,3H3/t18-/m1/s1. The van der Waals surface area contributed by atoms with Gasteiger partial charge in [-0.05, 0) is 30.9 Å². The summed E-state index contributed by atoms with van der Waals surface area (Å²) in [4.78, 5) is 22.5. The molecule has 5 nitrogen and oxygen atoms in total. The normalized spacial score (nSPS) is 15.9. The Kier molecular flexibility index (Phi) is 6.16. The Balaban J connectivity index is 1.67. The van der Waals surface area contributed by atoms with Crippen molar-refractivity contribution in [3.05, 3.63) is 82.3 Å². The molecular weight excluding hydrogens is 394 g/mol. The number of aryl methyl sites for hydroxylation is 1. The number of ether oxygens (including phenoxy) is 1. The van der Waals surface area contributed by atoms with Crippen LogP contribution in [0.15, 0.2) is 60.7 Å². The predicted molar refractivity (Wildman–Crippen MR) is 124 cm³/mol. The van der Waals surface area contributed by atoms with Gasteiger partial charge in [-0.15, -0.1) is 24.5 Å². The van der Waals surface area contributed by atoms with E-state index in [0.29, 0.717) is 12.6 Å². The maximum absolute atomic E-state index is 13.3. The van der Waals surface area contributed by atoms with Crippen LogP contribution < -0.4 is 10.3 Å². The summed E-state index contributed by atoms with van der Waals surface area (Å²) in [6, 6.07) is 8.23. The molecule has 30 heavy (non-hydrogen) atoms. The Morgan fingerprint density at radius 3 is 2.80 bits per heavy atom. The minimum Gasteiger partial charge on any atom is -0.496 e. The smallest absolute Gasteiger partial charge is 0.262 e. The van der Waals surface area contributed by atoms with Crippen molar-refractivity contribution in [2.24, 2.45) is 0 Å². The number of para-hydroxylation sites is 1. The van der Waals surface area contributed by atoms with Crippen molar-refractivity contribution in [2.45, 2.75) is 31.8 Å². The Hall–Kier alpha value is -2.70. The highest BCUT2D eigenvalue weighted by Gasteiger charge is 2.28. The van der Waals surface area contributed by atoms with Gasteiger partial charge < -0.3 is 4.74 Å². The molecule has 2 heterocycles. The molecule has 0 aliphatic heterocycles. The van der Waals surface area contributed by atoms with Crippen molar-refractivity contribution < 1.29 is 4.74 Å². The van der Waals surface area contributed by atoms with Gasteiger partial charge in [0.05, 0.1) is 25.4 Å². The van der Waals surface area contributed by atoms with Crippen molar-refractivity contribution in [3.63, 3.8) is 0 Å². The topological polar surface area (TPSA) is 47.4 Å². The first-order chi connectivity index (χ1) is 14.7. The van der Waals surface area contributed by atoms with E-state index in [0.717, 1.165) is 53.9 Å². The summed E-state index contributed by atoms with van der Waals surface area (Å²) in [6.45, 7) is 9.92. The highest BCUT2D eigenvalue weighted by Crippen LogP contribution is 2.35. The van der Waals surface area contributed by atoms with E-state index in [-0.39, 0.29) is 5.56 Å². The van der Waals surface area contributed by atoms with E-state index in [1.54, 1.807) is 29.3 Å². The Bertz CT molecular complexity index is 1120. The second-order valence-corrected chi connectivity index (χ2v) is 8.68. The molecular formula is C24H27N3O2S. The highest BCUT2D eigenvalue weighted by molar-refractivity contribution is 7.18. The number of hydrogen-bond acceptors (Lipinski definition) is 5. The van der Waals surface area contributed by atoms with Crippen LogP contribution in [0.3, 0.4) is 0 Å². The molecule has 0 spiro atoms. The number of fused-ring (bicyclic) bond motifs is 3. The highest BCUT2D eigenvalue weighted by atomic mass is 32.1. The molecule has 4 rings (SSSR count). The molecule has 0 unspecified atom stereocenters. The largest absolute Gasteiger partial charge is 0.496 e. The maximum atomic E-state index is 13.3. The molecule has 1 aliphatic rings. The lowest BCUT2D eigenvalue weighted by Crippen LogP contribution is -2.39. The van der Waals surface area contributed by atoms with E-state index in [1.165, 1.54) is 10.4 Å². The van der Waals surface area contributed by atoms with Gasteiger partial charge in [0.15, 0.2) is 0 Å². The summed E-state index contributed by atoms with van der Waals surface area (Å²) in [7, 11) is 1.65. The fraction of sp³-hybridized carbons (Fsp3) is 0.333. The predicted octanol–water partition coefficient (Wildman–Crippen LogP) is 4.05. The third-order valence-corrected chi connectivity index (χ3v) is 6.95. The van der Waals surface area contributed by atoms with E-state index in [1.807, 2.05) is 36.4 Å². The Morgan fingerprint density at radius 1 is 1.30 bits per heavy atom. The van der Waals surface area contributed by atoms with Crippen LogP contribution in [0.1, 0.15) is 22.4 Å². The average Bonchev–Trinajstić information content (AvgIpc) is 3.14. The molecule has 156 valence electrons. The van der Waals surface area contributed by atoms with Crippen LogP contribution in [-0.4, -0.2) is 40.7 Å². The van der Waals surface area contributed by atoms with Gasteiger partial charge in [-0.25, -0.2) is 4.98 Å². The fourth-order valence-corrected chi connectivity index (χ4v) is 5.58. The van der Waals surface area contributed by atoms with E-state index in [4.69, 9.17) is 4.74 Å². The molecule has 0 bridgehead atoms. The molecule has 6 heteroatoms. The summed E-state index contributed by atoms with van der Waals surface area (Å²) in [5, 5.41) is 0.796. The molecule has 0 amide bonds. The van der Waals surface area contributed by atoms with Crippen molar-refractivity contribution >= 4 is 21.6 Å². The summed E-state index contributed by atoms with van der Waals surface area (Å²) >= 11 is 1.67. The van der Waals surface area contributed by atoms with Crippen LogP contribution in [0.25, 0.3) is 10.2 Å². The van der Waals surface area contributed by atoms with E-state index in [9.17, 15) is 4.79 Å². The summed E-state index contributed by atoms with van der Waals surface area (Å²) < 4.78 is 7.14. The van der Waals surface area contributed by atoms with Crippen LogP contribution in [0.4, 0.5) is 0 Å². The van der Waals surface area contributed by atoms with Crippen LogP contribution in [-0.2, 0) is 19.4 Å². The number of rotatable bonds is 8. The van der Waals surface area contributed by atoms with Gasteiger partial charge in [0.25, 0.3) is 5.56 Å². The lowest BCUT2D eigenvalue weighted by molar-refractivity contribution is 0.221. The number of benzene rings is 1. The zero-order valence-electron chi connectivity index (χ0n) is 17.3. The van der Waals surface area contributed by atoms with Crippen LogP contribution in [0.5, 0.6) is 5.75 Å². The van der Waals surface area contributed by atoms with Crippen LogP contribution in [0, 0.1) is 0 Å². The van der Waals surface area contributed by atoms with Crippen molar-refractivity contribution in [2.75, 3.05) is 20.2 Å². The molecule has 0 fully saturated rings. The van der Waals surface area contributed by atoms with E-state index in [2.05, 4.69) is 23.0 Å². The molecule has 0 saturated heterocycles. The number of hydrogen-bond donors (Lipinski definition) is 0. The summed E-state index contributed by atoms with van der Waals surface area (Å²) in [5.41, 5.74) is 2.20. The van der Waals surface area contributed by atoms with Crippen molar-refractivity contribution in [3.8, 4) is 5.75 Å². The molecule has 0 N–H and O–H groups in total. The number of aromatic nitrogens is 2. The Morgan fingerprint density at radius 2 is 2.07 bits per heavy atom. The van der Waals surface area contributed by atoms with Gasteiger partial charge in [0.1, 0.15) is 10.6 Å². The zero-order chi connectivity index (χ0) is 21.1. The fourth-order valence-electron chi connectivity index (χ4n) is 4.33. The van der Waals surface area contributed by atoms with Gasteiger partial charge in [-0.2, -0.15) is 0 Å². The van der Waals surface area contributed by atoms with Crippen LogP contribution >= 0.6 is 11.3 Å². The quantitative estimate of drug-likeness (QED) is 0.515. The van der Waals surface area contributed by atoms with E-state index >= 15 is 0 Å². The first kappa shape index (κ1) is 20.6. The maximum Gasteiger partial charge on any atom is 0.262 e. The van der Waals surface area contributed by atoms with Crippen molar-refractivity contribution in [1.82, 2.24) is 14.5 Å². The second kappa shape index (κ2) is 8.98. The summed E-state index contributed by atoms with van der Waals surface area (Å²) in [6.07, 6.45) is 8.44. The molecule has 1 atom stereocenters. The van der Waals surface area contributed by atoms with Gasteiger partial charge in [0, 0.05) is 29.6 Å². The number of nitrogens with zero attached hydrogens (tertiary/aromatic N) is 3. The van der Waals surface area contributed by atoms with Gasteiger partial charge in [-0.3, -0.25) is 14.3 Å². The molecule has 2 aromatic heterocycles. The molecule has 1 aliphatic carbocycles. The van der Waals surface area contributed by atoms with Gasteiger partial charge in [-0.1, -0.05) is 30.4 Å². The third-order valence-electron chi connectivity index (χ3n) is 5.79. The van der Waals surface area contributed by atoms with Crippen LogP contribution in [0.2, 0.25) is 0 Å². The zero-order valence-corrected chi connectivity index (χ0v) is 18.2. The van der Waals surface area contributed by atoms with E-state index < -0.39 is 0 Å². The second-order valence-electron chi connectivity index (χ2n) is 7.60. The third kappa shape index (κ3) is 3.85. The number of thiophene rings is 1. The minimum absolute atomic E-state index is 0.0379. The first-order valence-electron chi connectivity index (χ1n) is 10.2. The first-order valence-corrected chi connectivity index (χ1v) is 11.0. The molecule has 1 aromatic carbocycles. The summed E-state index contributed by atoms with van der Waals surface area (Å²) in [5.74, 6) is 0.782.